The lowest BCUT2D eigenvalue weighted by Crippen LogP contribution is -2.01. The molecule has 0 radical (unpaired) electrons. The molecule has 29 heavy (non-hydrogen) atoms. The van der Waals surface area contributed by atoms with Gasteiger partial charge in [0, 0.05) is 12.2 Å². The van der Waals surface area contributed by atoms with Crippen molar-refractivity contribution in [3.8, 4) is 5.75 Å². The first kappa shape index (κ1) is 19.7. The number of hydrogen-bond donors (Lipinski definition) is 1. The molecule has 0 aliphatic carbocycles. The molecule has 0 aromatic heterocycles. The molecule has 0 aliphatic rings. The number of fused-ring (bicyclic) bond motifs is 1. The number of benzene rings is 4. The third-order valence-electron chi connectivity index (χ3n) is 4.68. The molecule has 0 bridgehead atoms. The smallest absolute Gasteiger partial charge is 0.141 e. The molecule has 0 atom stereocenters. The Hall–Kier alpha value is -2.56. The summed E-state index contributed by atoms with van der Waals surface area (Å²) in [6.45, 7) is 1.08. The predicted molar refractivity (Wildman–Crippen MR) is 121 cm³/mol. The van der Waals surface area contributed by atoms with Gasteiger partial charge in [0.05, 0.1) is 9.50 Å². The number of rotatable bonds is 6. The highest BCUT2D eigenvalue weighted by Crippen LogP contribution is 2.28. The van der Waals surface area contributed by atoms with Crippen LogP contribution in [0, 0.1) is 5.82 Å². The molecule has 0 unspecified atom stereocenters. The van der Waals surface area contributed by atoms with E-state index in [0.29, 0.717) is 13.2 Å². The molecule has 2 nitrogen and oxygen atoms in total. The number of anilines is 1. The Bertz CT molecular complexity index is 1160. The summed E-state index contributed by atoms with van der Waals surface area (Å²) in [4.78, 5) is 0. The third-order valence-corrected chi connectivity index (χ3v) is 5.58. The first-order chi connectivity index (χ1) is 14.1. The van der Waals surface area contributed by atoms with Gasteiger partial charge in [-0.15, -0.1) is 0 Å². The van der Waals surface area contributed by atoms with Gasteiger partial charge in [0.25, 0.3) is 0 Å². The number of halogens is 3. The normalized spacial score (nSPS) is 10.9. The second-order valence-electron chi connectivity index (χ2n) is 6.67. The Morgan fingerprint density at radius 2 is 1.76 bits per heavy atom. The van der Waals surface area contributed by atoms with Gasteiger partial charge < -0.3 is 10.1 Å². The van der Waals surface area contributed by atoms with Crippen LogP contribution in [0.15, 0.2) is 83.3 Å². The second-order valence-corrected chi connectivity index (χ2v) is 7.94. The summed E-state index contributed by atoms with van der Waals surface area (Å²) >= 11 is 9.42. The summed E-state index contributed by atoms with van der Waals surface area (Å²) in [5.41, 5.74) is 2.98. The van der Waals surface area contributed by atoms with E-state index in [4.69, 9.17) is 16.3 Å². The molecule has 4 aromatic rings. The number of ether oxygens (including phenoxy) is 1. The molecule has 0 fully saturated rings. The van der Waals surface area contributed by atoms with E-state index in [1.165, 1.54) is 16.8 Å². The first-order valence-electron chi connectivity index (χ1n) is 9.17. The monoisotopic (exact) mass is 469 g/mol. The maximum Gasteiger partial charge on any atom is 0.141 e. The SMILES string of the molecule is Fc1ccc(NCc2ccc(OCc3cccc4ccccc34)c(Br)c2)cc1Cl. The molecule has 4 rings (SSSR count). The van der Waals surface area contributed by atoms with Crippen LogP contribution in [0.25, 0.3) is 10.8 Å². The highest BCUT2D eigenvalue weighted by atomic mass is 79.9. The minimum atomic E-state index is -0.423. The summed E-state index contributed by atoms with van der Waals surface area (Å²) < 4.78 is 20.2. The molecule has 146 valence electrons. The van der Waals surface area contributed by atoms with Crippen LogP contribution in [0.5, 0.6) is 5.75 Å². The Morgan fingerprint density at radius 3 is 2.59 bits per heavy atom. The summed E-state index contributed by atoms with van der Waals surface area (Å²) in [7, 11) is 0. The van der Waals surface area contributed by atoms with Crippen LogP contribution >= 0.6 is 27.5 Å². The molecule has 0 heterocycles. The average molecular weight is 471 g/mol. The summed E-state index contributed by atoms with van der Waals surface area (Å²) in [6.07, 6.45) is 0. The fourth-order valence-electron chi connectivity index (χ4n) is 3.16. The Kier molecular flexibility index (Phi) is 6.02. The fraction of sp³-hybridized carbons (Fsp3) is 0.0833. The van der Waals surface area contributed by atoms with Crippen molar-refractivity contribution in [2.45, 2.75) is 13.2 Å². The van der Waals surface area contributed by atoms with Crippen molar-refractivity contribution in [3.63, 3.8) is 0 Å². The summed E-state index contributed by atoms with van der Waals surface area (Å²) in [6, 6.07) is 25.1. The van der Waals surface area contributed by atoms with E-state index in [9.17, 15) is 4.39 Å². The van der Waals surface area contributed by atoms with Crippen molar-refractivity contribution in [2.24, 2.45) is 0 Å². The first-order valence-corrected chi connectivity index (χ1v) is 10.3. The van der Waals surface area contributed by atoms with Crippen LogP contribution in [0.1, 0.15) is 11.1 Å². The van der Waals surface area contributed by atoms with Crippen LogP contribution in [0.4, 0.5) is 10.1 Å². The van der Waals surface area contributed by atoms with Crippen LogP contribution < -0.4 is 10.1 Å². The van der Waals surface area contributed by atoms with Gasteiger partial charge in [-0.1, -0.05) is 60.1 Å². The van der Waals surface area contributed by atoms with Crippen molar-refractivity contribution >= 4 is 44.0 Å². The van der Waals surface area contributed by atoms with Crippen molar-refractivity contribution in [2.75, 3.05) is 5.32 Å². The lowest BCUT2D eigenvalue weighted by Gasteiger charge is -2.12. The largest absolute Gasteiger partial charge is 0.488 e. The van der Waals surface area contributed by atoms with Gasteiger partial charge in [0.15, 0.2) is 0 Å². The van der Waals surface area contributed by atoms with E-state index in [1.54, 1.807) is 12.1 Å². The molecule has 0 aliphatic heterocycles. The van der Waals surface area contributed by atoms with Gasteiger partial charge in [-0.25, -0.2) is 4.39 Å². The second kappa shape index (κ2) is 8.85. The van der Waals surface area contributed by atoms with E-state index in [0.717, 1.165) is 27.0 Å². The standard InChI is InChI=1S/C24H18BrClFNO/c25-21-12-16(14-28-19-9-10-23(27)22(26)13-19)8-11-24(21)29-15-18-6-3-5-17-4-1-2-7-20(17)18/h1-13,28H,14-15H2. The fourth-order valence-corrected chi connectivity index (χ4v) is 3.88. The molecule has 4 aromatic carbocycles. The maximum atomic E-state index is 13.3. The third kappa shape index (κ3) is 4.72. The van der Waals surface area contributed by atoms with Crippen LogP contribution in [-0.4, -0.2) is 0 Å². The van der Waals surface area contributed by atoms with E-state index >= 15 is 0 Å². The molecule has 0 spiro atoms. The topological polar surface area (TPSA) is 21.3 Å². The summed E-state index contributed by atoms with van der Waals surface area (Å²) in [5, 5.41) is 5.75. The van der Waals surface area contributed by atoms with Crippen molar-refractivity contribution in [1.29, 1.82) is 0 Å². The molecule has 1 N–H and O–H groups in total. The van der Waals surface area contributed by atoms with Crippen molar-refractivity contribution in [3.05, 3.63) is 105 Å². The lowest BCUT2D eigenvalue weighted by atomic mass is 10.1. The quantitative estimate of drug-likeness (QED) is 0.313. The number of nitrogens with one attached hydrogen (secondary N) is 1. The minimum absolute atomic E-state index is 0.105. The number of hydrogen-bond acceptors (Lipinski definition) is 2. The molecular weight excluding hydrogens is 453 g/mol. The van der Waals surface area contributed by atoms with Crippen LogP contribution in [0.2, 0.25) is 5.02 Å². The van der Waals surface area contributed by atoms with Crippen molar-refractivity contribution < 1.29 is 9.13 Å². The van der Waals surface area contributed by atoms with Gasteiger partial charge in [-0.3, -0.25) is 0 Å². The van der Waals surface area contributed by atoms with E-state index < -0.39 is 5.82 Å². The Morgan fingerprint density at radius 1 is 0.931 bits per heavy atom. The average Bonchev–Trinajstić information content (AvgIpc) is 2.74. The van der Waals surface area contributed by atoms with E-state index in [1.807, 2.05) is 36.4 Å². The molecule has 5 heteroatoms. The van der Waals surface area contributed by atoms with Gasteiger partial charge in [-0.05, 0) is 68.2 Å². The zero-order valence-electron chi connectivity index (χ0n) is 15.5. The zero-order chi connectivity index (χ0) is 20.2. The van der Waals surface area contributed by atoms with Gasteiger partial charge in [0.1, 0.15) is 18.2 Å². The molecular formula is C24H18BrClFNO. The van der Waals surface area contributed by atoms with Crippen molar-refractivity contribution in [1.82, 2.24) is 0 Å². The molecule has 0 saturated carbocycles. The van der Waals surface area contributed by atoms with Gasteiger partial charge in [-0.2, -0.15) is 0 Å². The highest BCUT2D eigenvalue weighted by molar-refractivity contribution is 9.10. The van der Waals surface area contributed by atoms with E-state index in [2.05, 4.69) is 45.5 Å². The highest BCUT2D eigenvalue weighted by Gasteiger charge is 2.06. The summed E-state index contributed by atoms with van der Waals surface area (Å²) in [5.74, 6) is 0.360. The predicted octanol–water partition coefficient (Wildman–Crippen LogP) is 7.59. The lowest BCUT2D eigenvalue weighted by molar-refractivity contribution is 0.305. The Balaban J connectivity index is 1.42. The van der Waals surface area contributed by atoms with Gasteiger partial charge in [0.2, 0.25) is 0 Å². The minimum Gasteiger partial charge on any atom is -0.488 e. The zero-order valence-corrected chi connectivity index (χ0v) is 17.8. The van der Waals surface area contributed by atoms with Crippen LogP contribution in [-0.2, 0) is 13.2 Å². The molecule has 0 amide bonds. The maximum absolute atomic E-state index is 13.3. The van der Waals surface area contributed by atoms with Crippen LogP contribution in [0.3, 0.4) is 0 Å². The van der Waals surface area contributed by atoms with E-state index in [-0.39, 0.29) is 5.02 Å². The molecule has 0 saturated heterocycles. The van der Waals surface area contributed by atoms with Gasteiger partial charge >= 0.3 is 0 Å². The Labute approximate surface area is 182 Å².